The lowest BCUT2D eigenvalue weighted by atomic mass is 10.1. The highest BCUT2D eigenvalue weighted by atomic mass is 16.1. The van der Waals surface area contributed by atoms with E-state index in [4.69, 9.17) is 0 Å². The second-order valence-electron chi connectivity index (χ2n) is 7.24. The molecule has 0 radical (unpaired) electrons. The molecule has 6 heteroatoms. The van der Waals surface area contributed by atoms with Gasteiger partial charge in [-0.15, -0.1) is 0 Å². The molecule has 4 rings (SSSR count). The standard InChI is InChI=1S/C23H25N5O/c29-23(15-19-5-2-1-3-6-19)26-21-8-9-22(25-17-21)28-13-11-27(12-14-28)18-20-7-4-10-24-16-20/h1-10,16-17H,11-15,18H2,(H,26,29). The van der Waals surface area contributed by atoms with E-state index >= 15 is 0 Å². The molecule has 0 saturated carbocycles. The van der Waals surface area contributed by atoms with Crippen LogP contribution in [0.4, 0.5) is 11.5 Å². The Morgan fingerprint density at radius 1 is 0.897 bits per heavy atom. The van der Waals surface area contributed by atoms with Gasteiger partial charge in [0.15, 0.2) is 0 Å². The average Bonchev–Trinajstić information content (AvgIpc) is 2.76. The van der Waals surface area contributed by atoms with Gasteiger partial charge < -0.3 is 10.2 Å². The first kappa shape index (κ1) is 19.1. The molecule has 0 atom stereocenters. The van der Waals surface area contributed by atoms with Crippen LogP contribution in [0.1, 0.15) is 11.1 Å². The topological polar surface area (TPSA) is 61.4 Å². The van der Waals surface area contributed by atoms with Crippen LogP contribution in [-0.4, -0.2) is 47.0 Å². The van der Waals surface area contributed by atoms with Crippen LogP contribution in [0.25, 0.3) is 0 Å². The van der Waals surface area contributed by atoms with Crippen molar-refractivity contribution in [3.63, 3.8) is 0 Å². The lowest BCUT2D eigenvalue weighted by Gasteiger charge is -2.35. The Bertz CT molecular complexity index is 907. The highest BCUT2D eigenvalue weighted by Crippen LogP contribution is 2.17. The van der Waals surface area contributed by atoms with Crippen LogP contribution >= 0.6 is 0 Å². The Morgan fingerprint density at radius 3 is 2.38 bits per heavy atom. The van der Waals surface area contributed by atoms with E-state index in [0.717, 1.165) is 49.8 Å². The van der Waals surface area contributed by atoms with Crippen LogP contribution in [0.15, 0.2) is 73.2 Å². The Labute approximate surface area is 171 Å². The number of aromatic nitrogens is 2. The Hall–Kier alpha value is -3.25. The average molecular weight is 387 g/mol. The fourth-order valence-corrected chi connectivity index (χ4v) is 3.52. The van der Waals surface area contributed by atoms with Gasteiger partial charge in [-0.05, 0) is 29.3 Å². The van der Waals surface area contributed by atoms with Crippen LogP contribution in [0.2, 0.25) is 0 Å². The zero-order valence-corrected chi connectivity index (χ0v) is 16.4. The summed E-state index contributed by atoms with van der Waals surface area (Å²) in [7, 11) is 0. The zero-order chi connectivity index (χ0) is 19.9. The quantitative estimate of drug-likeness (QED) is 0.705. The van der Waals surface area contributed by atoms with Crippen LogP contribution in [0.5, 0.6) is 0 Å². The highest BCUT2D eigenvalue weighted by Gasteiger charge is 2.18. The number of carbonyl (C=O) groups is 1. The molecule has 0 unspecified atom stereocenters. The van der Waals surface area contributed by atoms with Crippen molar-refractivity contribution < 1.29 is 4.79 Å². The molecule has 29 heavy (non-hydrogen) atoms. The van der Waals surface area contributed by atoms with E-state index in [-0.39, 0.29) is 5.91 Å². The van der Waals surface area contributed by atoms with Gasteiger partial charge in [0.1, 0.15) is 5.82 Å². The van der Waals surface area contributed by atoms with Gasteiger partial charge in [0, 0.05) is 45.1 Å². The van der Waals surface area contributed by atoms with Crippen molar-refractivity contribution in [2.24, 2.45) is 0 Å². The van der Waals surface area contributed by atoms with E-state index in [1.165, 1.54) is 5.56 Å². The summed E-state index contributed by atoms with van der Waals surface area (Å²) in [5, 5.41) is 2.92. The third kappa shape index (κ3) is 5.39. The van der Waals surface area contributed by atoms with Crippen molar-refractivity contribution in [2.75, 3.05) is 36.4 Å². The number of anilines is 2. The number of pyridine rings is 2. The van der Waals surface area contributed by atoms with E-state index in [2.05, 4.69) is 31.2 Å². The maximum Gasteiger partial charge on any atom is 0.228 e. The van der Waals surface area contributed by atoms with Crippen LogP contribution in [0.3, 0.4) is 0 Å². The number of amides is 1. The van der Waals surface area contributed by atoms with Gasteiger partial charge in [-0.2, -0.15) is 0 Å². The molecule has 0 aliphatic carbocycles. The molecule has 1 N–H and O–H groups in total. The number of nitrogens with one attached hydrogen (secondary N) is 1. The van der Waals surface area contributed by atoms with E-state index in [1.807, 2.05) is 54.7 Å². The molecule has 1 amide bonds. The number of nitrogens with zero attached hydrogens (tertiary/aromatic N) is 4. The number of piperazine rings is 1. The lowest BCUT2D eigenvalue weighted by Crippen LogP contribution is -2.46. The summed E-state index contributed by atoms with van der Waals surface area (Å²) in [6.45, 7) is 4.79. The summed E-state index contributed by atoms with van der Waals surface area (Å²) in [6.07, 6.45) is 5.83. The monoisotopic (exact) mass is 387 g/mol. The normalized spacial score (nSPS) is 14.6. The molecule has 1 aromatic carbocycles. The number of carbonyl (C=O) groups excluding carboxylic acids is 1. The smallest absolute Gasteiger partial charge is 0.228 e. The molecule has 2 aromatic heterocycles. The van der Waals surface area contributed by atoms with Crippen LogP contribution in [-0.2, 0) is 17.8 Å². The summed E-state index contributed by atoms with van der Waals surface area (Å²) >= 11 is 0. The second kappa shape index (κ2) is 9.30. The maximum absolute atomic E-state index is 12.2. The van der Waals surface area contributed by atoms with Crippen molar-refractivity contribution in [2.45, 2.75) is 13.0 Å². The van der Waals surface area contributed by atoms with Crippen molar-refractivity contribution >= 4 is 17.4 Å². The zero-order valence-electron chi connectivity index (χ0n) is 16.4. The van der Waals surface area contributed by atoms with Gasteiger partial charge in [-0.1, -0.05) is 36.4 Å². The van der Waals surface area contributed by atoms with Crippen molar-refractivity contribution in [1.82, 2.24) is 14.9 Å². The largest absolute Gasteiger partial charge is 0.354 e. The summed E-state index contributed by atoms with van der Waals surface area (Å²) in [4.78, 5) is 25.7. The predicted octanol–water partition coefficient (Wildman–Crippen LogP) is 2.98. The molecule has 3 heterocycles. The van der Waals surface area contributed by atoms with Gasteiger partial charge in [0.2, 0.25) is 5.91 Å². The van der Waals surface area contributed by atoms with Gasteiger partial charge >= 0.3 is 0 Å². The van der Waals surface area contributed by atoms with E-state index in [0.29, 0.717) is 6.42 Å². The minimum Gasteiger partial charge on any atom is -0.354 e. The molecule has 0 spiro atoms. The molecular weight excluding hydrogens is 362 g/mol. The van der Waals surface area contributed by atoms with E-state index in [1.54, 1.807) is 12.4 Å². The first-order chi connectivity index (χ1) is 14.3. The molecule has 1 aliphatic rings. The molecular formula is C23H25N5O. The van der Waals surface area contributed by atoms with Crippen LogP contribution < -0.4 is 10.2 Å². The summed E-state index contributed by atoms with van der Waals surface area (Å²) in [5.41, 5.74) is 2.97. The third-order valence-electron chi connectivity index (χ3n) is 5.06. The summed E-state index contributed by atoms with van der Waals surface area (Å²) in [6, 6.07) is 17.7. The molecule has 148 valence electrons. The summed E-state index contributed by atoms with van der Waals surface area (Å²) in [5.74, 6) is 0.918. The van der Waals surface area contributed by atoms with Gasteiger partial charge in [0.25, 0.3) is 0 Å². The van der Waals surface area contributed by atoms with E-state index in [9.17, 15) is 4.79 Å². The minimum absolute atomic E-state index is 0.0326. The van der Waals surface area contributed by atoms with E-state index < -0.39 is 0 Å². The van der Waals surface area contributed by atoms with Gasteiger partial charge in [0.05, 0.1) is 18.3 Å². The summed E-state index contributed by atoms with van der Waals surface area (Å²) < 4.78 is 0. The maximum atomic E-state index is 12.2. The first-order valence-corrected chi connectivity index (χ1v) is 9.92. The first-order valence-electron chi connectivity index (χ1n) is 9.92. The Morgan fingerprint density at radius 2 is 1.69 bits per heavy atom. The fourth-order valence-electron chi connectivity index (χ4n) is 3.52. The second-order valence-corrected chi connectivity index (χ2v) is 7.24. The number of hydrogen-bond donors (Lipinski definition) is 1. The van der Waals surface area contributed by atoms with Gasteiger partial charge in [-0.25, -0.2) is 4.98 Å². The van der Waals surface area contributed by atoms with Crippen molar-refractivity contribution in [3.8, 4) is 0 Å². The minimum atomic E-state index is -0.0326. The highest BCUT2D eigenvalue weighted by molar-refractivity contribution is 5.92. The number of hydrogen-bond acceptors (Lipinski definition) is 5. The number of benzene rings is 1. The fraction of sp³-hybridized carbons (Fsp3) is 0.261. The molecule has 3 aromatic rings. The van der Waals surface area contributed by atoms with Crippen molar-refractivity contribution in [1.29, 1.82) is 0 Å². The Kier molecular flexibility index (Phi) is 6.12. The molecule has 0 bridgehead atoms. The Balaban J connectivity index is 1.27. The SMILES string of the molecule is O=C(Cc1ccccc1)Nc1ccc(N2CCN(Cc3cccnc3)CC2)nc1. The van der Waals surface area contributed by atoms with Gasteiger partial charge in [-0.3, -0.25) is 14.7 Å². The molecule has 1 aliphatic heterocycles. The van der Waals surface area contributed by atoms with Crippen molar-refractivity contribution in [3.05, 3.63) is 84.3 Å². The molecule has 1 saturated heterocycles. The molecule has 1 fully saturated rings. The number of rotatable bonds is 6. The molecule has 6 nitrogen and oxygen atoms in total. The third-order valence-corrected chi connectivity index (χ3v) is 5.06. The lowest BCUT2D eigenvalue weighted by molar-refractivity contribution is -0.115. The predicted molar refractivity (Wildman–Crippen MR) is 115 cm³/mol. The van der Waals surface area contributed by atoms with Crippen LogP contribution in [0, 0.1) is 0 Å².